The molecule has 2 aromatic carbocycles. The zero-order valence-electron chi connectivity index (χ0n) is 12.8. The summed E-state index contributed by atoms with van der Waals surface area (Å²) < 4.78 is 0. The molecule has 21 heavy (non-hydrogen) atoms. The van der Waals surface area contributed by atoms with Gasteiger partial charge >= 0.3 is 0 Å². The largest absolute Gasteiger partial charge is 0.396 e. The molecule has 0 radical (unpaired) electrons. The molecule has 2 rings (SSSR count). The highest BCUT2D eigenvalue weighted by Crippen LogP contribution is 2.27. The van der Waals surface area contributed by atoms with Gasteiger partial charge in [0.2, 0.25) is 0 Å². The molecular formula is C19H24O2. The van der Waals surface area contributed by atoms with E-state index in [1.54, 1.807) is 0 Å². The van der Waals surface area contributed by atoms with E-state index in [9.17, 15) is 10.2 Å². The second-order valence-electron chi connectivity index (χ2n) is 6.14. The number of rotatable bonds is 6. The summed E-state index contributed by atoms with van der Waals surface area (Å²) in [6.07, 6.45) is 1.35. The molecule has 2 heteroatoms. The molecular weight excluding hydrogens is 260 g/mol. The normalized spacial score (nSPS) is 11.6. The first-order valence-corrected chi connectivity index (χ1v) is 7.40. The van der Waals surface area contributed by atoms with Gasteiger partial charge in [0, 0.05) is 5.41 Å². The molecule has 0 unspecified atom stereocenters. The van der Waals surface area contributed by atoms with Crippen LogP contribution in [0.15, 0.2) is 48.5 Å². The molecule has 0 spiro atoms. The first-order valence-electron chi connectivity index (χ1n) is 7.40. The van der Waals surface area contributed by atoms with Crippen LogP contribution in [0.2, 0.25) is 0 Å². The van der Waals surface area contributed by atoms with Gasteiger partial charge in [-0.15, -0.1) is 0 Å². The van der Waals surface area contributed by atoms with E-state index >= 15 is 0 Å². The summed E-state index contributed by atoms with van der Waals surface area (Å²) in [4.78, 5) is 0. The topological polar surface area (TPSA) is 40.5 Å². The zero-order valence-corrected chi connectivity index (χ0v) is 12.8. The van der Waals surface area contributed by atoms with Crippen LogP contribution in [0, 0.1) is 19.3 Å². The number of aliphatic hydroxyl groups excluding tert-OH is 2. The predicted molar refractivity (Wildman–Crippen MR) is 86.4 cm³/mol. The maximum Gasteiger partial charge on any atom is 0.0515 e. The fourth-order valence-corrected chi connectivity index (χ4v) is 2.61. The molecule has 0 aliphatic heterocycles. The minimum absolute atomic E-state index is 0.0226. The van der Waals surface area contributed by atoms with Gasteiger partial charge in [-0.3, -0.25) is 0 Å². The lowest BCUT2D eigenvalue weighted by Gasteiger charge is -2.30. The van der Waals surface area contributed by atoms with Gasteiger partial charge in [0.05, 0.1) is 13.2 Å². The molecule has 0 bridgehead atoms. The summed E-state index contributed by atoms with van der Waals surface area (Å²) in [5.74, 6) is 0. The Balaban J connectivity index is 2.19. The average molecular weight is 284 g/mol. The van der Waals surface area contributed by atoms with Crippen LogP contribution in [0.4, 0.5) is 0 Å². The summed E-state index contributed by atoms with van der Waals surface area (Å²) in [5.41, 5.74) is 4.23. The van der Waals surface area contributed by atoms with Crippen LogP contribution in [0.1, 0.15) is 22.3 Å². The second kappa shape index (κ2) is 6.88. The Morgan fingerprint density at radius 1 is 0.667 bits per heavy atom. The van der Waals surface area contributed by atoms with Gasteiger partial charge in [-0.05, 0) is 37.8 Å². The summed E-state index contributed by atoms with van der Waals surface area (Å²) in [7, 11) is 0. The van der Waals surface area contributed by atoms with Crippen molar-refractivity contribution in [1.82, 2.24) is 0 Å². The van der Waals surface area contributed by atoms with Crippen molar-refractivity contribution in [3.05, 3.63) is 70.8 Å². The smallest absolute Gasteiger partial charge is 0.0515 e. The zero-order chi connectivity index (χ0) is 15.3. The molecule has 0 amide bonds. The second-order valence-corrected chi connectivity index (χ2v) is 6.14. The lowest BCUT2D eigenvalue weighted by molar-refractivity contribution is 0.0548. The minimum atomic E-state index is -0.509. The number of benzene rings is 2. The summed E-state index contributed by atoms with van der Waals surface area (Å²) >= 11 is 0. The van der Waals surface area contributed by atoms with Gasteiger partial charge in [0.1, 0.15) is 0 Å². The lowest BCUT2D eigenvalue weighted by Crippen LogP contribution is -2.34. The molecule has 0 aromatic heterocycles. The van der Waals surface area contributed by atoms with Gasteiger partial charge in [-0.2, -0.15) is 0 Å². The van der Waals surface area contributed by atoms with Gasteiger partial charge in [-0.1, -0.05) is 59.7 Å². The minimum Gasteiger partial charge on any atom is -0.396 e. The van der Waals surface area contributed by atoms with Crippen molar-refractivity contribution in [2.24, 2.45) is 5.41 Å². The Morgan fingerprint density at radius 2 is 1.00 bits per heavy atom. The number of aryl methyl sites for hydroxylation is 2. The molecule has 0 saturated carbocycles. The van der Waals surface area contributed by atoms with Crippen molar-refractivity contribution in [1.29, 1.82) is 0 Å². The van der Waals surface area contributed by atoms with Crippen LogP contribution < -0.4 is 0 Å². The summed E-state index contributed by atoms with van der Waals surface area (Å²) in [6, 6.07) is 16.6. The van der Waals surface area contributed by atoms with Gasteiger partial charge < -0.3 is 10.2 Å². The molecule has 112 valence electrons. The predicted octanol–water partition coefficient (Wildman–Crippen LogP) is 3.06. The Labute approximate surface area is 127 Å². The number of hydrogen-bond acceptors (Lipinski definition) is 2. The fraction of sp³-hybridized carbons (Fsp3) is 0.368. The highest BCUT2D eigenvalue weighted by molar-refractivity contribution is 5.25. The van der Waals surface area contributed by atoms with Crippen LogP contribution >= 0.6 is 0 Å². The van der Waals surface area contributed by atoms with Crippen LogP contribution in [-0.2, 0) is 12.8 Å². The third-order valence-electron chi connectivity index (χ3n) is 4.07. The third-order valence-corrected chi connectivity index (χ3v) is 4.07. The Kier molecular flexibility index (Phi) is 5.16. The Morgan fingerprint density at radius 3 is 1.29 bits per heavy atom. The van der Waals surface area contributed by atoms with E-state index in [-0.39, 0.29) is 13.2 Å². The molecule has 2 aromatic rings. The Hall–Kier alpha value is -1.64. The van der Waals surface area contributed by atoms with Gasteiger partial charge in [0.25, 0.3) is 0 Å². The first kappa shape index (κ1) is 15.7. The summed E-state index contributed by atoms with van der Waals surface area (Å²) in [6.45, 7) is 4.07. The van der Waals surface area contributed by atoms with Crippen molar-refractivity contribution >= 4 is 0 Å². The van der Waals surface area contributed by atoms with E-state index in [2.05, 4.69) is 62.4 Å². The van der Waals surface area contributed by atoms with Crippen LogP contribution in [-0.4, -0.2) is 23.4 Å². The standard InChI is InChI=1S/C19H24O2/c1-15-3-7-17(8-4-15)11-19(13-20,14-21)12-18-9-5-16(2)6-10-18/h3-10,20-21H,11-14H2,1-2H3. The fourth-order valence-electron chi connectivity index (χ4n) is 2.61. The average Bonchev–Trinajstić information content (AvgIpc) is 2.51. The van der Waals surface area contributed by atoms with E-state index in [4.69, 9.17) is 0 Å². The lowest BCUT2D eigenvalue weighted by atomic mass is 9.77. The first-order chi connectivity index (χ1) is 10.1. The van der Waals surface area contributed by atoms with E-state index in [1.165, 1.54) is 11.1 Å². The maximum atomic E-state index is 9.85. The molecule has 0 aliphatic rings. The third kappa shape index (κ3) is 4.16. The molecule has 0 atom stereocenters. The highest BCUT2D eigenvalue weighted by atomic mass is 16.3. The van der Waals surface area contributed by atoms with Crippen LogP contribution in [0.25, 0.3) is 0 Å². The quantitative estimate of drug-likeness (QED) is 0.856. The van der Waals surface area contributed by atoms with Crippen molar-refractivity contribution in [2.75, 3.05) is 13.2 Å². The van der Waals surface area contributed by atoms with Gasteiger partial charge in [-0.25, -0.2) is 0 Å². The summed E-state index contributed by atoms with van der Waals surface area (Å²) in [5, 5.41) is 19.7. The molecule has 0 heterocycles. The highest BCUT2D eigenvalue weighted by Gasteiger charge is 2.29. The molecule has 2 N–H and O–H groups in total. The van der Waals surface area contributed by atoms with Crippen LogP contribution in [0.5, 0.6) is 0 Å². The molecule has 0 fully saturated rings. The molecule has 0 saturated heterocycles. The Bertz CT molecular complexity index is 502. The molecule has 0 aliphatic carbocycles. The van der Waals surface area contributed by atoms with Crippen molar-refractivity contribution in [2.45, 2.75) is 26.7 Å². The van der Waals surface area contributed by atoms with Gasteiger partial charge in [0.15, 0.2) is 0 Å². The van der Waals surface area contributed by atoms with E-state index < -0.39 is 5.41 Å². The monoisotopic (exact) mass is 284 g/mol. The molecule has 2 nitrogen and oxygen atoms in total. The van der Waals surface area contributed by atoms with E-state index in [0.29, 0.717) is 12.8 Å². The SMILES string of the molecule is Cc1ccc(CC(CO)(CO)Cc2ccc(C)cc2)cc1. The van der Waals surface area contributed by atoms with Crippen molar-refractivity contribution < 1.29 is 10.2 Å². The van der Waals surface area contributed by atoms with Crippen LogP contribution in [0.3, 0.4) is 0 Å². The number of hydrogen-bond donors (Lipinski definition) is 2. The van der Waals surface area contributed by atoms with Crippen molar-refractivity contribution in [3.8, 4) is 0 Å². The van der Waals surface area contributed by atoms with E-state index in [1.807, 2.05) is 0 Å². The maximum absolute atomic E-state index is 9.85. The number of aliphatic hydroxyl groups is 2. The van der Waals surface area contributed by atoms with E-state index in [0.717, 1.165) is 11.1 Å². The van der Waals surface area contributed by atoms with Crippen molar-refractivity contribution in [3.63, 3.8) is 0 Å².